The quantitative estimate of drug-likeness (QED) is 0.653. The molecule has 0 radical (unpaired) electrons. The number of likely N-dealkylation sites (N-methyl/N-ethyl adjacent to an activating group) is 1. The van der Waals surface area contributed by atoms with Crippen LogP contribution in [0.4, 0.5) is 0 Å². The Bertz CT molecular complexity index is 284. The van der Waals surface area contributed by atoms with E-state index in [-0.39, 0.29) is 0 Å². The lowest BCUT2D eigenvalue weighted by atomic mass is 10.0. The van der Waals surface area contributed by atoms with Gasteiger partial charge in [-0.2, -0.15) is 5.06 Å². The first-order valence-electron chi connectivity index (χ1n) is 4.52. The van der Waals surface area contributed by atoms with Crippen LogP contribution in [0.5, 0.6) is 0 Å². The van der Waals surface area contributed by atoms with Crippen molar-refractivity contribution in [2.24, 2.45) is 5.18 Å². The van der Waals surface area contributed by atoms with E-state index in [1.807, 2.05) is 39.6 Å². The van der Waals surface area contributed by atoms with Crippen LogP contribution in [-0.4, -0.2) is 33.4 Å². The molecule has 0 amide bonds. The predicted octanol–water partition coefficient (Wildman–Crippen LogP) is 1.75. The van der Waals surface area contributed by atoms with E-state index in [4.69, 9.17) is 0 Å². The van der Waals surface area contributed by atoms with E-state index in [0.717, 1.165) is 0 Å². The van der Waals surface area contributed by atoms with Crippen molar-refractivity contribution >= 4 is 0 Å². The highest BCUT2D eigenvalue weighted by molar-refractivity contribution is 5.23. The summed E-state index contributed by atoms with van der Waals surface area (Å²) < 4.78 is 0. The number of nitrogens with zero attached hydrogens (tertiary/aromatic N) is 3. The van der Waals surface area contributed by atoms with Crippen molar-refractivity contribution in [1.29, 1.82) is 0 Å². The molecule has 0 saturated carbocycles. The summed E-state index contributed by atoms with van der Waals surface area (Å²) >= 11 is 0. The van der Waals surface area contributed by atoms with Gasteiger partial charge in [-0.05, 0) is 32.9 Å². The van der Waals surface area contributed by atoms with Crippen molar-refractivity contribution in [1.82, 2.24) is 9.96 Å². The van der Waals surface area contributed by atoms with Crippen LogP contribution in [0.15, 0.2) is 17.1 Å². The van der Waals surface area contributed by atoms with E-state index < -0.39 is 11.2 Å². The minimum atomic E-state index is -0.591. The third-order valence-electron chi connectivity index (χ3n) is 3.03. The van der Waals surface area contributed by atoms with E-state index in [2.05, 4.69) is 5.18 Å². The molecule has 1 fully saturated rings. The second-order valence-electron chi connectivity index (χ2n) is 4.54. The van der Waals surface area contributed by atoms with Gasteiger partial charge in [0.25, 0.3) is 0 Å². The lowest BCUT2D eigenvalue weighted by Crippen LogP contribution is -2.49. The third-order valence-corrected chi connectivity index (χ3v) is 3.03. The zero-order chi connectivity index (χ0) is 11.1. The SMILES string of the molecule is CN1/C(=C/N=O)C(C)(C)N(O)C1(C)C. The molecule has 1 aliphatic rings. The Morgan fingerprint density at radius 1 is 1.36 bits per heavy atom. The summed E-state index contributed by atoms with van der Waals surface area (Å²) in [6.07, 6.45) is 1.25. The summed E-state index contributed by atoms with van der Waals surface area (Å²) in [4.78, 5) is 12.1. The summed E-state index contributed by atoms with van der Waals surface area (Å²) in [5.41, 5.74) is -0.411. The Labute approximate surface area is 83.9 Å². The van der Waals surface area contributed by atoms with Gasteiger partial charge in [-0.15, -0.1) is 4.91 Å². The van der Waals surface area contributed by atoms with Crippen molar-refractivity contribution in [2.45, 2.75) is 38.9 Å². The summed E-state index contributed by atoms with van der Waals surface area (Å²) in [7, 11) is 1.83. The molecule has 1 saturated heterocycles. The van der Waals surface area contributed by atoms with Crippen LogP contribution in [0.1, 0.15) is 27.7 Å². The Morgan fingerprint density at radius 3 is 2.14 bits per heavy atom. The van der Waals surface area contributed by atoms with E-state index in [0.29, 0.717) is 5.70 Å². The van der Waals surface area contributed by atoms with Gasteiger partial charge in [0.2, 0.25) is 0 Å². The molecule has 1 rings (SSSR count). The summed E-state index contributed by atoms with van der Waals surface area (Å²) in [6, 6.07) is 0. The van der Waals surface area contributed by atoms with Crippen LogP contribution in [-0.2, 0) is 0 Å². The molecule has 80 valence electrons. The van der Waals surface area contributed by atoms with Crippen LogP contribution in [0.2, 0.25) is 0 Å². The minimum absolute atomic E-state index is 0.528. The smallest absolute Gasteiger partial charge is 0.111 e. The van der Waals surface area contributed by atoms with Gasteiger partial charge in [-0.25, -0.2) is 0 Å². The predicted molar refractivity (Wildman–Crippen MR) is 53.4 cm³/mol. The average molecular weight is 199 g/mol. The van der Waals surface area contributed by atoms with Gasteiger partial charge in [-0.3, -0.25) is 0 Å². The van der Waals surface area contributed by atoms with Gasteiger partial charge in [0.05, 0.1) is 17.4 Å². The first-order valence-corrected chi connectivity index (χ1v) is 4.52. The summed E-state index contributed by atoms with van der Waals surface area (Å²) in [5, 5.41) is 14.0. The monoisotopic (exact) mass is 199 g/mol. The molecule has 1 aliphatic heterocycles. The van der Waals surface area contributed by atoms with Crippen LogP contribution in [0.3, 0.4) is 0 Å². The molecule has 1 N–H and O–H groups in total. The fourth-order valence-electron chi connectivity index (χ4n) is 1.93. The number of hydrogen-bond acceptors (Lipinski definition) is 5. The van der Waals surface area contributed by atoms with Crippen LogP contribution in [0, 0.1) is 4.91 Å². The summed E-state index contributed by atoms with van der Waals surface area (Å²) in [5.74, 6) is 0. The fourth-order valence-corrected chi connectivity index (χ4v) is 1.93. The summed E-state index contributed by atoms with van der Waals surface area (Å²) in [6.45, 7) is 7.44. The maximum absolute atomic E-state index is 10.3. The molecule has 1 heterocycles. The molecule has 0 bridgehead atoms. The first kappa shape index (κ1) is 11.1. The van der Waals surface area contributed by atoms with Crippen LogP contribution < -0.4 is 0 Å². The second kappa shape index (κ2) is 3.03. The molecular formula is C9H17N3O2. The highest BCUT2D eigenvalue weighted by Gasteiger charge is 2.51. The van der Waals surface area contributed by atoms with E-state index >= 15 is 0 Å². The Morgan fingerprint density at radius 2 is 1.86 bits per heavy atom. The lowest BCUT2D eigenvalue weighted by Gasteiger charge is -2.34. The molecular weight excluding hydrogens is 182 g/mol. The zero-order valence-electron chi connectivity index (χ0n) is 9.27. The average Bonchev–Trinajstić information content (AvgIpc) is 2.19. The molecule has 0 aromatic rings. The number of hydroxylamine groups is 2. The van der Waals surface area contributed by atoms with Crippen LogP contribution >= 0.6 is 0 Å². The molecule has 5 heteroatoms. The van der Waals surface area contributed by atoms with Crippen molar-refractivity contribution in [3.63, 3.8) is 0 Å². The van der Waals surface area contributed by atoms with Gasteiger partial charge >= 0.3 is 0 Å². The maximum Gasteiger partial charge on any atom is 0.111 e. The van der Waals surface area contributed by atoms with E-state index in [1.54, 1.807) is 0 Å². The highest BCUT2D eigenvalue weighted by Crippen LogP contribution is 2.41. The molecule has 0 aliphatic carbocycles. The molecule has 0 aromatic heterocycles. The molecule has 0 unspecified atom stereocenters. The van der Waals surface area contributed by atoms with E-state index in [9.17, 15) is 10.1 Å². The fraction of sp³-hybridized carbons (Fsp3) is 0.778. The van der Waals surface area contributed by atoms with Gasteiger partial charge in [0.15, 0.2) is 0 Å². The molecule has 0 atom stereocenters. The number of hydrogen-bond donors (Lipinski definition) is 1. The molecule has 0 spiro atoms. The largest absolute Gasteiger partial charge is 0.355 e. The Kier molecular flexibility index (Phi) is 2.41. The minimum Gasteiger partial charge on any atom is -0.355 e. The number of nitroso groups, excluding NO2 is 1. The highest BCUT2D eigenvalue weighted by atomic mass is 16.5. The number of rotatable bonds is 1. The second-order valence-corrected chi connectivity index (χ2v) is 4.54. The standard InChI is InChI=1S/C9H17N3O2/c1-8(2)7(6-10-13)11(5)9(3,4)12(8)14/h6,14H,1-5H3/b7-6+. The van der Waals surface area contributed by atoms with Gasteiger partial charge in [0.1, 0.15) is 5.66 Å². The normalized spacial score (nSPS) is 28.4. The van der Waals surface area contributed by atoms with Crippen molar-refractivity contribution in [3.8, 4) is 0 Å². The topological polar surface area (TPSA) is 56.1 Å². The van der Waals surface area contributed by atoms with E-state index in [1.165, 1.54) is 11.3 Å². The zero-order valence-corrected chi connectivity index (χ0v) is 9.27. The Balaban J connectivity index is 3.23. The van der Waals surface area contributed by atoms with Crippen LogP contribution in [0.25, 0.3) is 0 Å². The lowest BCUT2D eigenvalue weighted by molar-refractivity contribution is -0.207. The van der Waals surface area contributed by atoms with Gasteiger partial charge in [-0.1, -0.05) is 0 Å². The molecule has 5 nitrogen and oxygen atoms in total. The first-order chi connectivity index (χ1) is 6.26. The van der Waals surface area contributed by atoms with Gasteiger partial charge < -0.3 is 10.1 Å². The third kappa shape index (κ3) is 1.24. The van der Waals surface area contributed by atoms with Crippen molar-refractivity contribution in [2.75, 3.05) is 7.05 Å². The van der Waals surface area contributed by atoms with Gasteiger partial charge in [0, 0.05) is 7.05 Å². The molecule has 14 heavy (non-hydrogen) atoms. The van der Waals surface area contributed by atoms with Crippen molar-refractivity contribution in [3.05, 3.63) is 16.8 Å². The molecule has 0 aromatic carbocycles. The maximum atomic E-state index is 10.3. The Hall–Kier alpha value is -0.940. The van der Waals surface area contributed by atoms with Crippen molar-refractivity contribution < 1.29 is 5.21 Å².